The van der Waals surface area contributed by atoms with E-state index < -0.39 is 0 Å². The first-order valence-corrected chi connectivity index (χ1v) is 7.72. The van der Waals surface area contributed by atoms with Crippen molar-refractivity contribution in [2.45, 2.75) is 13.0 Å². The minimum atomic E-state index is 0.00557. The van der Waals surface area contributed by atoms with E-state index >= 15 is 0 Å². The number of hydrogen-bond acceptors (Lipinski definition) is 2. The molecule has 0 aliphatic heterocycles. The van der Waals surface area contributed by atoms with Crippen LogP contribution in [0.25, 0.3) is 0 Å². The van der Waals surface area contributed by atoms with Crippen LogP contribution in [0.15, 0.2) is 89.9 Å². The van der Waals surface area contributed by atoms with Gasteiger partial charge in [0.25, 0.3) is 0 Å². The van der Waals surface area contributed by atoms with Gasteiger partial charge >= 0.3 is 0 Å². The third-order valence-corrected chi connectivity index (χ3v) is 3.81. The average molecular weight is 301 g/mol. The summed E-state index contributed by atoms with van der Waals surface area (Å²) in [4.78, 5) is 4.90. The molecule has 0 saturated carbocycles. The highest BCUT2D eigenvalue weighted by atomic mass is 16.3. The van der Waals surface area contributed by atoms with Crippen molar-refractivity contribution in [1.82, 2.24) is 0 Å². The Balaban J connectivity index is 2.09. The molecular weight excluding hydrogens is 282 g/mol. The van der Waals surface area contributed by atoms with E-state index in [9.17, 15) is 5.11 Å². The number of nitrogens with zero attached hydrogens (tertiary/aromatic N) is 1. The van der Waals surface area contributed by atoms with Crippen LogP contribution in [0.2, 0.25) is 0 Å². The predicted molar refractivity (Wildman–Crippen MR) is 95.0 cm³/mol. The van der Waals surface area contributed by atoms with Crippen LogP contribution >= 0.6 is 0 Å². The largest absolute Gasteiger partial charge is 0.507 e. The van der Waals surface area contributed by atoms with Crippen LogP contribution in [-0.2, 0) is 0 Å². The van der Waals surface area contributed by atoms with Crippen molar-refractivity contribution in [1.29, 1.82) is 0 Å². The summed E-state index contributed by atoms with van der Waals surface area (Å²) >= 11 is 0. The maximum atomic E-state index is 10.2. The molecule has 2 nitrogen and oxygen atoms in total. The SMILES string of the molecule is C[C@@H](N=C(c1ccccc1)c1ccccc1O)c1ccccc1. The second kappa shape index (κ2) is 6.93. The van der Waals surface area contributed by atoms with E-state index in [1.807, 2.05) is 66.7 Å². The van der Waals surface area contributed by atoms with Crippen molar-refractivity contribution in [2.75, 3.05) is 0 Å². The van der Waals surface area contributed by atoms with Gasteiger partial charge in [-0.25, -0.2) is 0 Å². The quantitative estimate of drug-likeness (QED) is 0.676. The molecule has 3 aromatic carbocycles. The summed E-state index contributed by atoms with van der Waals surface area (Å²) in [5.41, 5.74) is 3.70. The summed E-state index contributed by atoms with van der Waals surface area (Å²) in [5.74, 6) is 0.246. The van der Waals surface area contributed by atoms with Gasteiger partial charge in [0.1, 0.15) is 5.75 Å². The molecule has 0 bridgehead atoms. The molecule has 0 fully saturated rings. The second-order valence-electron chi connectivity index (χ2n) is 5.45. The summed E-state index contributed by atoms with van der Waals surface area (Å²) in [7, 11) is 0. The number of phenolic OH excluding ortho intramolecular Hbond substituents is 1. The first kappa shape index (κ1) is 15.0. The molecule has 0 saturated heterocycles. The lowest BCUT2D eigenvalue weighted by Crippen LogP contribution is -2.06. The number of hydrogen-bond donors (Lipinski definition) is 1. The van der Waals surface area contributed by atoms with Crippen molar-refractivity contribution in [2.24, 2.45) is 4.99 Å². The van der Waals surface area contributed by atoms with Crippen LogP contribution in [0.1, 0.15) is 29.7 Å². The van der Waals surface area contributed by atoms with Gasteiger partial charge < -0.3 is 5.11 Å². The van der Waals surface area contributed by atoms with E-state index in [0.717, 1.165) is 22.4 Å². The van der Waals surface area contributed by atoms with Crippen LogP contribution in [-0.4, -0.2) is 10.8 Å². The molecule has 0 heterocycles. The summed E-state index contributed by atoms with van der Waals surface area (Å²) < 4.78 is 0. The zero-order valence-electron chi connectivity index (χ0n) is 13.1. The number of aliphatic imine (C=N–C) groups is 1. The fraction of sp³-hybridized carbons (Fsp3) is 0.0952. The fourth-order valence-electron chi connectivity index (χ4n) is 2.57. The lowest BCUT2D eigenvalue weighted by atomic mass is 10.00. The molecule has 0 aromatic heterocycles. The van der Waals surface area contributed by atoms with Crippen molar-refractivity contribution in [3.8, 4) is 5.75 Å². The van der Waals surface area contributed by atoms with Crippen LogP contribution < -0.4 is 0 Å². The first-order chi connectivity index (χ1) is 11.3. The molecule has 1 N–H and O–H groups in total. The molecule has 3 aromatic rings. The molecule has 23 heavy (non-hydrogen) atoms. The molecule has 1 atom stereocenters. The van der Waals surface area contributed by atoms with Crippen molar-refractivity contribution >= 4 is 5.71 Å². The summed E-state index contributed by atoms with van der Waals surface area (Å²) in [6, 6.07) is 27.5. The van der Waals surface area contributed by atoms with Gasteiger partial charge in [0.2, 0.25) is 0 Å². The molecule has 0 spiro atoms. The maximum absolute atomic E-state index is 10.2. The minimum absolute atomic E-state index is 0.00557. The normalized spacial score (nSPS) is 12.8. The summed E-state index contributed by atoms with van der Waals surface area (Å²) in [6.45, 7) is 2.07. The Hall–Kier alpha value is -2.87. The highest BCUT2D eigenvalue weighted by Crippen LogP contribution is 2.24. The summed E-state index contributed by atoms with van der Waals surface area (Å²) in [5, 5.41) is 10.2. The van der Waals surface area contributed by atoms with Crippen LogP contribution in [0.3, 0.4) is 0 Å². The van der Waals surface area contributed by atoms with Crippen molar-refractivity contribution in [3.63, 3.8) is 0 Å². The number of benzene rings is 3. The van der Waals surface area contributed by atoms with Crippen LogP contribution in [0.4, 0.5) is 0 Å². The molecule has 0 aliphatic carbocycles. The molecule has 0 aliphatic rings. The smallest absolute Gasteiger partial charge is 0.124 e. The third-order valence-electron chi connectivity index (χ3n) is 3.81. The van der Waals surface area contributed by atoms with Gasteiger partial charge in [-0.2, -0.15) is 0 Å². The van der Waals surface area contributed by atoms with Crippen molar-refractivity contribution in [3.05, 3.63) is 102 Å². The van der Waals surface area contributed by atoms with Gasteiger partial charge in [0, 0.05) is 11.1 Å². The number of aromatic hydroxyl groups is 1. The summed E-state index contributed by atoms with van der Waals surface area (Å²) in [6.07, 6.45) is 0. The zero-order valence-corrected chi connectivity index (χ0v) is 13.1. The van der Waals surface area contributed by atoms with Crippen LogP contribution in [0, 0.1) is 0 Å². The van der Waals surface area contributed by atoms with E-state index in [1.165, 1.54) is 0 Å². The van der Waals surface area contributed by atoms with Gasteiger partial charge in [-0.05, 0) is 24.6 Å². The van der Waals surface area contributed by atoms with Crippen LogP contribution in [0.5, 0.6) is 5.75 Å². The van der Waals surface area contributed by atoms with Gasteiger partial charge in [-0.1, -0.05) is 72.8 Å². The Kier molecular flexibility index (Phi) is 4.53. The number of para-hydroxylation sites is 1. The lowest BCUT2D eigenvalue weighted by Gasteiger charge is -2.13. The average Bonchev–Trinajstić information content (AvgIpc) is 2.62. The number of rotatable bonds is 4. The highest BCUT2D eigenvalue weighted by molar-refractivity contribution is 6.14. The molecule has 114 valence electrons. The van der Waals surface area contributed by atoms with E-state index in [2.05, 4.69) is 19.1 Å². The maximum Gasteiger partial charge on any atom is 0.124 e. The molecule has 0 amide bonds. The van der Waals surface area contributed by atoms with Gasteiger partial charge in [-0.15, -0.1) is 0 Å². The monoisotopic (exact) mass is 301 g/mol. The Morgan fingerprint density at radius 3 is 2.00 bits per heavy atom. The van der Waals surface area contributed by atoms with Crippen molar-refractivity contribution < 1.29 is 5.11 Å². The fourth-order valence-corrected chi connectivity index (χ4v) is 2.57. The van der Waals surface area contributed by atoms with E-state index in [1.54, 1.807) is 6.07 Å². The molecule has 3 rings (SSSR count). The zero-order chi connectivity index (χ0) is 16.1. The second-order valence-corrected chi connectivity index (χ2v) is 5.45. The first-order valence-electron chi connectivity index (χ1n) is 7.72. The highest BCUT2D eigenvalue weighted by Gasteiger charge is 2.13. The topological polar surface area (TPSA) is 32.6 Å². The predicted octanol–water partition coefficient (Wildman–Crippen LogP) is 4.99. The standard InChI is InChI=1S/C21H19NO/c1-16(17-10-4-2-5-11-17)22-21(18-12-6-3-7-13-18)19-14-8-9-15-20(19)23/h2-16,23H,1H3/t16-/m1/s1. The molecule has 2 heteroatoms. The lowest BCUT2D eigenvalue weighted by molar-refractivity contribution is 0.474. The Labute approximate surface area is 136 Å². The van der Waals surface area contributed by atoms with E-state index in [0.29, 0.717) is 0 Å². The Morgan fingerprint density at radius 1 is 0.783 bits per heavy atom. The third kappa shape index (κ3) is 3.49. The van der Waals surface area contributed by atoms with E-state index in [-0.39, 0.29) is 11.8 Å². The van der Waals surface area contributed by atoms with Gasteiger partial charge in [0.15, 0.2) is 0 Å². The van der Waals surface area contributed by atoms with Gasteiger partial charge in [0.05, 0.1) is 11.8 Å². The Bertz CT molecular complexity index is 794. The number of phenols is 1. The van der Waals surface area contributed by atoms with E-state index in [4.69, 9.17) is 4.99 Å². The molecule has 0 radical (unpaired) electrons. The van der Waals surface area contributed by atoms with Gasteiger partial charge in [-0.3, -0.25) is 4.99 Å². The minimum Gasteiger partial charge on any atom is -0.507 e. The molecular formula is C21H19NO. The molecule has 0 unspecified atom stereocenters. The Morgan fingerprint density at radius 2 is 1.35 bits per heavy atom.